The number of anilines is 1. The molecular formula is C23H25NO. The van der Waals surface area contributed by atoms with E-state index < -0.39 is 0 Å². The summed E-state index contributed by atoms with van der Waals surface area (Å²) < 4.78 is 0. The van der Waals surface area contributed by atoms with Crippen molar-refractivity contribution in [3.63, 3.8) is 0 Å². The molecule has 0 amide bonds. The minimum absolute atomic E-state index is 0.151. The van der Waals surface area contributed by atoms with E-state index in [0.717, 1.165) is 18.5 Å². The molecule has 0 aliphatic rings. The second-order valence-electron chi connectivity index (χ2n) is 6.28. The van der Waals surface area contributed by atoms with Gasteiger partial charge in [0.1, 0.15) is 0 Å². The van der Waals surface area contributed by atoms with Crippen molar-refractivity contribution in [2.24, 2.45) is 0 Å². The van der Waals surface area contributed by atoms with Gasteiger partial charge in [0.25, 0.3) is 0 Å². The van der Waals surface area contributed by atoms with Gasteiger partial charge in [0, 0.05) is 18.2 Å². The van der Waals surface area contributed by atoms with E-state index in [4.69, 9.17) is 0 Å². The van der Waals surface area contributed by atoms with Gasteiger partial charge in [0.15, 0.2) is 0 Å². The predicted molar refractivity (Wildman–Crippen MR) is 105 cm³/mol. The van der Waals surface area contributed by atoms with E-state index in [9.17, 15) is 5.11 Å². The number of aliphatic hydroxyl groups excluding tert-OH is 1. The summed E-state index contributed by atoms with van der Waals surface area (Å²) in [6.07, 6.45) is 1.72. The Morgan fingerprint density at radius 1 is 0.680 bits per heavy atom. The van der Waals surface area contributed by atoms with E-state index in [1.807, 2.05) is 12.1 Å². The molecule has 128 valence electrons. The Morgan fingerprint density at radius 2 is 1.20 bits per heavy atom. The van der Waals surface area contributed by atoms with E-state index >= 15 is 0 Å². The molecule has 2 N–H and O–H groups in total. The monoisotopic (exact) mass is 331 g/mol. The lowest BCUT2D eigenvalue weighted by molar-refractivity contribution is 0.277. The largest absolute Gasteiger partial charge is 0.396 e. The molecule has 0 radical (unpaired) electrons. The molecule has 2 heteroatoms. The van der Waals surface area contributed by atoms with Crippen LogP contribution in [0.3, 0.4) is 0 Å². The first-order chi connectivity index (χ1) is 12.4. The molecule has 0 heterocycles. The quantitative estimate of drug-likeness (QED) is 0.579. The molecule has 3 aromatic carbocycles. The summed E-state index contributed by atoms with van der Waals surface area (Å²) in [6.45, 7) is 0.218. The van der Waals surface area contributed by atoms with Crippen LogP contribution in [0.4, 0.5) is 5.69 Å². The highest BCUT2D eigenvalue weighted by molar-refractivity contribution is 5.46. The van der Waals surface area contributed by atoms with Crippen LogP contribution in [0.25, 0.3) is 0 Å². The van der Waals surface area contributed by atoms with Crippen LogP contribution in [0.5, 0.6) is 0 Å². The zero-order valence-electron chi connectivity index (χ0n) is 14.4. The van der Waals surface area contributed by atoms with Crippen LogP contribution in [0, 0.1) is 0 Å². The zero-order chi connectivity index (χ0) is 17.3. The van der Waals surface area contributed by atoms with Gasteiger partial charge in [-0.2, -0.15) is 0 Å². The highest BCUT2D eigenvalue weighted by atomic mass is 16.2. The molecule has 25 heavy (non-hydrogen) atoms. The number of aliphatic hydroxyl groups is 1. The van der Waals surface area contributed by atoms with E-state index in [1.54, 1.807) is 0 Å². The molecular weight excluding hydrogens is 306 g/mol. The molecule has 0 aliphatic carbocycles. The molecule has 2 atom stereocenters. The normalized spacial score (nSPS) is 13.2. The molecule has 0 fully saturated rings. The van der Waals surface area contributed by atoms with E-state index in [1.165, 1.54) is 11.1 Å². The Kier molecular flexibility index (Phi) is 6.24. The van der Waals surface area contributed by atoms with Crippen LogP contribution >= 0.6 is 0 Å². The van der Waals surface area contributed by atoms with E-state index in [0.29, 0.717) is 0 Å². The first-order valence-corrected chi connectivity index (χ1v) is 8.91. The Balaban J connectivity index is 1.97. The smallest absolute Gasteiger partial charge is 0.0582 e. The third-order valence-corrected chi connectivity index (χ3v) is 4.56. The highest BCUT2D eigenvalue weighted by Crippen LogP contribution is 2.37. The van der Waals surface area contributed by atoms with Crippen molar-refractivity contribution in [2.75, 3.05) is 11.9 Å². The van der Waals surface area contributed by atoms with Crippen molar-refractivity contribution < 1.29 is 5.11 Å². The maximum Gasteiger partial charge on any atom is 0.0582 e. The Morgan fingerprint density at radius 3 is 1.76 bits per heavy atom. The SMILES string of the molecule is OCCCC(c1ccccc1)C(Nc1ccccc1)c1ccccc1. The second-order valence-corrected chi connectivity index (χ2v) is 6.28. The van der Waals surface area contributed by atoms with E-state index in [-0.39, 0.29) is 18.6 Å². The van der Waals surface area contributed by atoms with Crippen molar-refractivity contribution in [1.29, 1.82) is 0 Å². The fourth-order valence-corrected chi connectivity index (χ4v) is 3.33. The number of hydrogen-bond donors (Lipinski definition) is 2. The molecule has 3 rings (SSSR count). The Bertz CT molecular complexity index is 728. The number of benzene rings is 3. The molecule has 2 unspecified atom stereocenters. The highest BCUT2D eigenvalue weighted by Gasteiger charge is 2.24. The van der Waals surface area contributed by atoms with Crippen LogP contribution in [0.2, 0.25) is 0 Å². The van der Waals surface area contributed by atoms with Crippen LogP contribution in [0.1, 0.15) is 35.9 Å². The van der Waals surface area contributed by atoms with Gasteiger partial charge in [0.05, 0.1) is 6.04 Å². The number of rotatable bonds is 8. The van der Waals surface area contributed by atoms with Gasteiger partial charge >= 0.3 is 0 Å². The van der Waals surface area contributed by atoms with Crippen LogP contribution in [-0.4, -0.2) is 11.7 Å². The molecule has 0 aliphatic heterocycles. The lowest BCUT2D eigenvalue weighted by atomic mass is 9.83. The molecule has 0 bridgehead atoms. The maximum absolute atomic E-state index is 9.38. The second kappa shape index (κ2) is 9.05. The fourth-order valence-electron chi connectivity index (χ4n) is 3.33. The summed E-state index contributed by atoms with van der Waals surface area (Å²) >= 11 is 0. The molecule has 2 nitrogen and oxygen atoms in total. The third-order valence-electron chi connectivity index (χ3n) is 4.56. The third kappa shape index (κ3) is 4.71. The van der Waals surface area contributed by atoms with Crippen molar-refractivity contribution in [1.82, 2.24) is 0 Å². The molecule has 0 saturated carbocycles. The van der Waals surface area contributed by atoms with Gasteiger partial charge in [-0.3, -0.25) is 0 Å². The van der Waals surface area contributed by atoms with Crippen molar-refractivity contribution in [3.8, 4) is 0 Å². The van der Waals surface area contributed by atoms with Gasteiger partial charge in [-0.05, 0) is 36.1 Å². The van der Waals surface area contributed by atoms with Crippen LogP contribution in [0.15, 0.2) is 91.0 Å². The first-order valence-electron chi connectivity index (χ1n) is 8.91. The lowest BCUT2D eigenvalue weighted by Gasteiger charge is -2.30. The zero-order valence-corrected chi connectivity index (χ0v) is 14.4. The van der Waals surface area contributed by atoms with Gasteiger partial charge in [-0.25, -0.2) is 0 Å². The number of nitrogens with one attached hydrogen (secondary N) is 1. The predicted octanol–water partition coefficient (Wildman–Crippen LogP) is 5.40. The summed E-state index contributed by atoms with van der Waals surface area (Å²) in [5.41, 5.74) is 3.67. The van der Waals surface area contributed by atoms with Gasteiger partial charge in [-0.15, -0.1) is 0 Å². The minimum Gasteiger partial charge on any atom is -0.396 e. The molecule has 0 aromatic heterocycles. The van der Waals surface area contributed by atoms with Crippen LogP contribution < -0.4 is 5.32 Å². The molecule has 0 spiro atoms. The van der Waals surface area contributed by atoms with Gasteiger partial charge in [0.2, 0.25) is 0 Å². The Labute approximate surface area is 150 Å². The summed E-state index contributed by atoms with van der Waals surface area (Å²) in [5.74, 6) is 0.288. The minimum atomic E-state index is 0.151. The van der Waals surface area contributed by atoms with Crippen LogP contribution in [-0.2, 0) is 0 Å². The molecule has 0 saturated heterocycles. The van der Waals surface area contributed by atoms with E-state index in [2.05, 4.69) is 84.2 Å². The van der Waals surface area contributed by atoms with Crippen molar-refractivity contribution in [2.45, 2.75) is 24.8 Å². The number of hydrogen-bond acceptors (Lipinski definition) is 2. The maximum atomic E-state index is 9.38. The van der Waals surface area contributed by atoms with Gasteiger partial charge in [-0.1, -0.05) is 78.9 Å². The number of para-hydroxylation sites is 1. The summed E-state index contributed by atoms with van der Waals surface area (Å²) in [4.78, 5) is 0. The average Bonchev–Trinajstić information content (AvgIpc) is 2.69. The molecule has 3 aromatic rings. The topological polar surface area (TPSA) is 32.3 Å². The summed E-state index contributed by atoms with van der Waals surface area (Å²) in [7, 11) is 0. The lowest BCUT2D eigenvalue weighted by Crippen LogP contribution is -2.20. The van der Waals surface area contributed by atoms with Crippen molar-refractivity contribution >= 4 is 5.69 Å². The van der Waals surface area contributed by atoms with Crippen molar-refractivity contribution in [3.05, 3.63) is 102 Å². The fraction of sp³-hybridized carbons (Fsp3) is 0.217. The first kappa shape index (κ1) is 17.2. The summed E-state index contributed by atoms with van der Waals surface area (Å²) in [6, 6.07) is 31.7. The summed E-state index contributed by atoms with van der Waals surface area (Å²) in [5, 5.41) is 13.1. The standard InChI is InChI=1S/C23H25NO/c25-18-10-17-22(19-11-4-1-5-12-19)23(20-13-6-2-7-14-20)24-21-15-8-3-9-16-21/h1-9,11-16,22-25H,10,17-18H2. The average molecular weight is 331 g/mol. The Hall–Kier alpha value is -2.58. The van der Waals surface area contributed by atoms with Gasteiger partial charge < -0.3 is 10.4 Å².